The maximum absolute atomic E-state index is 13.3. The smallest absolute Gasteiger partial charge is 0.272 e. The molecule has 2 atom stereocenters. The maximum Gasteiger partial charge on any atom is 0.272 e. The highest BCUT2D eigenvalue weighted by Crippen LogP contribution is 2.32. The van der Waals surface area contributed by atoms with E-state index in [9.17, 15) is 14.4 Å². The minimum absolute atomic E-state index is 0.0420. The van der Waals surface area contributed by atoms with E-state index in [1.54, 1.807) is 22.8 Å². The summed E-state index contributed by atoms with van der Waals surface area (Å²) in [5.41, 5.74) is 1.47. The van der Waals surface area contributed by atoms with Gasteiger partial charge in [-0.2, -0.15) is 0 Å². The molecule has 0 radical (unpaired) electrons. The van der Waals surface area contributed by atoms with Crippen LogP contribution in [0.15, 0.2) is 36.8 Å². The van der Waals surface area contributed by atoms with Crippen molar-refractivity contribution >= 4 is 17.7 Å². The van der Waals surface area contributed by atoms with E-state index in [0.29, 0.717) is 51.6 Å². The van der Waals surface area contributed by atoms with Crippen molar-refractivity contribution in [2.75, 3.05) is 46.0 Å². The number of carbonyl (C=O) groups is 3. The van der Waals surface area contributed by atoms with Gasteiger partial charge in [0.1, 0.15) is 11.4 Å². The fraction of sp³-hybridized carbons (Fsp3) is 0.556. The van der Waals surface area contributed by atoms with E-state index >= 15 is 0 Å². The van der Waals surface area contributed by atoms with Gasteiger partial charge in [-0.3, -0.25) is 14.4 Å². The largest absolute Gasteiger partial charge is 0.494 e. The lowest BCUT2D eigenvalue weighted by molar-refractivity contribution is -0.137. The zero-order valence-corrected chi connectivity index (χ0v) is 21.3. The summed E-state index contributed by atoms with van der Waals surface area (Å²) in [5, 5.41) is 3.16. The summed E-state index contributed by atoms with van der Waals surface area (Å²) < 4.78 is 13.1. The van der Waals surface area contributed by atoms with E-state index in [1.165, 1.54) is 6.20 Å². The Morgan fingerprint density at radius 3 is 2.70 bits per heavy atom. The van der Waals surface area contributed by atoms with Crippen LogP contribution in [-0.2, 0) is 21.4 Å². The van der Waals surface area contributed by atoms with Crippen molar-refractivity contribution in [1.82, 2.24) is 24.7 Å². The first-order valence-corrected chi connectivity index (χ1v) is 13.1. The molecule has 2 bridgehead atoms. The van der Waals surface area contributed by atoms with E-state index < -0.39 is 0 Å². The first kappa shape index (κ1) is 25.3. The summed E-state index contributed by atoms with van der Waals surface area (Å²) in [4.78, 5) is 47.4. The topological polar surface area (TPSA) is 106 Å². The van der Waals surface area contributed by atoms with Crippen LogP contribution in [0, 0.1) is 5.92 Å². The number of nitrogens with one attached hydrogen (secondary N) is 1. The van der Waals surface area contributed by atoms with E-state index in [4.69, 9.17) is 9.47 Å². The summed E-state index contributed by atoms with van der Waals surface area (Å²) in [6.45, 7) is 3.08. The molecule has 2 fully saturated rings. The molecule has 0 unspecified atom stereocenters. The second-order valence-electron chi connectivity index (χ2n) is 10.2. The summed E-state index contributed by atoms with van der Waals surface area (Å²) in [6, 6.07) is 7.69. The number of nitrogens with zero attached hydrogens (tertiary/aromatic N) is 4. The summed E-state index contributed by atoms with van der Waals surface area (Å²) in [7, 11) is 1.76. The van der Waals surface area contributed by atoms with Gasteiger partial charge < -0.3 is 29.2 Å². The molecular formula is C27H35N5O5. The molecule has 3 aliphatic heterocycles. The van der Waals surface area contributed by atoms with Gasteiger partial charge >= 0.3 is 0 Å². The Bertz CT molecular complexity index is 1130. The second kappa shape index (κ2) is 11.3. The van der Waals surface area contributed by atoms with Crippen molar-refractivity contribution in [2.45, 2.75) is 37.6 Å². The molecule has 4 heterocycles. The number of hydrogen-bond acceptors (Lipinski definition) is 6. The fourth-order valence-corrected chi connectivity index (χ4v) is 5.50. The Balaban J connectivity index is 1.37. The summed E-state index contributed by atoms with van der Waals surface area (Å²) >= 11 is 0. The number of benzene rings is 1. The molecule has 2 aromatic rings. The van der Waals surface area contributed by atoms with Gasteiger partial charge in [-0.05, 0) is 43.4 Å². The second-order valence-corrected chi connectivity index (χ2v) is 10.2. The van der Waals surface area contributed by atoms with Gasteiger partial charge in [-0.25, -0.2) is 4.98 Å². The van der Waals surface area contributed by atoms with Crippen LogP contribution in [0.1, 0.15) is 47.7 Å². The molecule has 198 valence electrons. The minimum atomic E-state index is -0.261. The van der Waals surface area contributed by atoms with Crippen LogP contribution >= 0.6 is 0 Å². The molecule has 2 saturated heterocycles. The lowest BCUT2D eigenvalue weighted by atomic mass is 9.94. The van der Waals surface area contributed by atoms with Crippen LogP contribution in [0.25, 0.3) is 0 Å². The van der Waals surface area contributed by atoms with E-state index in [0.717, 1.165) is 30.6 Å². The standard InChI is InChI=1S/C27H35N5O5/c1-30-18-28-14-24(30)27(35)31-9-2-3-10-37-21-6-4-5-20(13-21)22-15-32(16-23(22)29-25(33)17-31)26(34)19-7-11-36-12-8-19/h4-6,13-14,18-19,22-23H,2-3,7-12,15-17H2,1H3,(H,29,33)/t22-,23+/m1/s1. The van der Waals surface area contributed by atoms with Crippen LogP contribution in [-0.4, -0.2) is 89.1 Å². The van der Waals surface area contributed by atoms with Crippen molar-refractivity contribution < 1.29 is 23.9 Å². The van der Waals surface area contributed by atoms with Crippen LogP contribution < -0.4 is 10.1 Å². The number of hydrogen-bond donors (Lipinski definition) is 1. The highest BCUT2D eigenvalue weighted by atomic mass is 16.5. The number of imidazole rings is 1. The molecular weight excluding hydrogens is 474 g/mol. The molecule has 0 aliphatic carbocycles. The SMILES string of the molecule is Cn1cncc1C(=O)N1CCCCOc2cccc(c2)[C@H]2CN(C(=O)C3CCOCC3)C[C@@H]2NC(=O)C1. The van der Waals surface area contributed by atoms with Crippen molar-refractivity contribution in [3.05, 3.63) is 48.0 Å². The predicted molar refractivity (Wildman–Crippen MR) is 135 cm³/mol. The number of rotatable bonds is 2. The van der Waals surface area contributed by atoms with Gasteiger partial charge in [-0.1, -0.05) is 12.1 Å². The van der Waals surface area contributed by atoms with Gasteiger partial charge in [-0.15, -0.1) is 0 Å². The Kier molecular flexibility index (Phi) is 7.73. The van der Waals surface area contributed by atoms with E-state index in [1.807, 2.05) is 29.2 Å². The highest BCUT2D eigenvalue weighted by molar-refractivity contribution is 5.95. The average Bonchev–Trinajstić information content (AvgIpc) is 3.53. The Labute approximate surface area is 216 Å². The van der Waals surface area contributed by atoms with E-state index in [2.05, 4.69) is 10.3 Å². The Morgan fingerprint density at radius 1 is 1.08 bits per heavy atom. The van der Waals surface area contributed by atoms with Crippen molar-refractivity contribution in [1.29, 1.82) is 0 Å². The third kappa shape index (κ3) is 5.79. The van der Waals surface area contributed by atoms with Gasteiger partial charge in [0, 0.05) is 51.7 Å². The van der Waals surface area contributed by atoms with E-state index in [-0.39, 0.29) is 42.1 Å². The maximum atomic E-state index is 13.3. The van der Waals surface area contributed by atoms with Crippen molar-refractivity contribution in [2.24, 2.45) is 13.0 Å². The van der Waals surface area contributed by atoms with Crippen LogP contribution in [0.3, 0.4) is 0 Å². The first-order valence-electron chi connectivity index (χ1n) is 13.1. The number of aromatic nitrogens is 2. The van der Waals surface area contributed by atoms with Gasteiger partial charge in [0.2, 0.25) is 11.8 Å². The molecule has 10 heteroatoms. The van der Waals surface area contributed by atoms with Crippen LogP contribution in [0.2, 0.25) is 0 Å². The molecule has 1 aromatic heterocycles. The minimum Gasteiger partial charge on any atom is -0.494 e. The Hall–Kier alpha value is -3.40. The molecule has 3 amide bonds. The lowest BCUT2D eigenvalue weighted by Crippen LogP contribution is -2.47. The number of aryl methyl sites for hydroxylation is 1. The fourth-order valence-electron chi connectivity index (χ4n) is 5.50. The molecule has 5 rings (SSSR count). The number of fused-ring (bicyclic) bond motifs is 4. The van der Waals surface area contributed by atoms with Gasteiger partial charge in [0.05, 0.1) is 31.7 Å². The van der Waals surface area contributed by atoms with Gasteiger partial charge in [0.15, 0.2) is 0 Å². The summed E-state index contributed by atoms with van der Waals surface area (Å²) in [6.07, 6.45) is 6.01. The summed E-state index contributed by atoms with van der Waals surface area (Å²) in [5.74, 6) is 0.336. The normalized spacial score (nSPS) is 23.5. The van der Waals surface area contributed by atoms with Crippen LogP contribution in [0.4, 0.5) is 0 Å². The molecule has 1 aromatic carbocycles. The Morgan fingerprint density at radius 2 is 1.92 bits per heavy atom. The third-order valence-electron chi connectivity index (χ3n) is 7.58. The zero-order valence-electron chi connectivity index (χ0n) is 21.3. The molecule has 0 saturated carbocycles. The lowest BCUT2D eigenvalue weighted by Gasteiger charge is -2.26. The van der Waals surface area contributed by atoms with Crippen molar-refractivity contribution in [3.63, 3.8) is 0 Å². The van der Waals surface area contributed by atoms with Crippen molar-refractivity contribution in [3.8, 4) is 5.75 Å². The number of carbonyl (C=O) groups excluding carboxylic acids is 3. The number of amides is 3. The zero-order chi connectivity index (χ0) is 25.8. The quantitative estimate of drug-likeness (QED) is 0.659. The third-order valence-corrected chi connectivity index (χ3v) is 7.58. The molecule has 0 spiro atoms. The molecule has 37 heavy (non-hydrogen) atoms. The average molecular weight is 510 g/mol. The molecule has 1 N–H and O–H groups in total. The van der Waals surface area contributed by atoms with Gasteiger partial charge in [0.25, 0.3) is 5.91 Å². The first-order chi connectivity index (χ1) is 18.0. The number of likely N-dealkylation sites (tertiary alicyclic amines) is 1. The molecule has 10 nitrogen and oxygen atoms in total. The number of ether oxygens (including phenoxy) is 2. The monoisotopic (exact) mass is 509 g/mol. The molecule has 3 aliphatic rings. The predicted octanol–water partition coefficient (Wildman–Crippen LogP) is 1.57. The highest BCUT2D eigenvalue weighted by Gasteiger charge is 2.39. The van der Waals surface area contributed by atoms with Crippen LogP contribution in [0.5, 0.6) is 5.75 Å².